The van der Waals surface area contributed by atoms with E-state index in [0.717, 1.165) is 21.5 Å². The molecule has 2 heteroatoms. The Morgan fingerprint density at radius 2 is 0.833 bits per heavy atom. The maximum Gasteiger partial charge on any atom is 0.109 e. The molecule has 0 saturated heterocycles. The lowest BCUT2D eigenvalue weighted by Crippen LogP contribution is -2.10. The average Bonchev–Trinajstić information content (AvgIpc) is 2.66. The van der Waals surface area contributed by atoms with Crippen LogP contribution in [0.3, 0.4) is 0 Å². The normalized spacial score (nSPS) is 13.9. The van der Waals surface area contributed by atoms with Crippen LogP contribution in [0, 0.1) is 0 Å². The van der Waals surface area contributed by atoms with Crippen molar-refractivity contribution in [3.63, 3.8) is 0 Å². The van der Waals surface area contributed by atoms with Crippen molar-refractivity contribution < 1.29 is 10.2 Å². The predicted octanol–water partition coefficient (Wildman–Crippen LogP) is 4.76. The third-order valence-corrected chi connectivity index (χ3v) is 4.53. The van der Waals surface area contributed by atoms with E-state index in [4.69, 9.17) is 0 Å². The van der Waals surface area contributed by atoms with Crippen molar-refractivity contribution in [3.8, 4) is 0 Å². The van der Waals surface area contributed by atoms with Gasteiger partial charge in [0.05, 0.1) is 0 Å². The zero-order chi connectivity index (χ0) is 16.5. The molecule has 2 nitrogen and oxygen atoms in total. The number of fused-ring (bicyclic) bond motifs is 2. The predicted molar refractivity (Wildman–Crippen MR) is 97.8 cm³/mol. The van der Waals surface area contributed by atoms with Crippen LogP contribution < -0.4 is 0 Å². The molecule has 0 fully saturated rings. The molecule has 0 aromatic heterocycles. The van der Waals surface area contributed by atoms with Crippen LogP contribution in [0.25, 0.3) is 21.5 Å². The van der Waals surface area contributed by atoms with Crippen molar-refractivity contribution in [2.75, 3.05) is 0 Å². The van der Waals surface area contributed by atoms with Gasteiger partial charge in [0.2, 0.25) is 0 Å². The summed E-state index contributed by atoms with van der Waals surface area (Å²) < 4.78 is 0. The largest absolute Gasteiger partial charge is 0.385 e. The molecule has 2 atom stereocenters. The van der Waals surface area contributed by atoms with E-state index in [9.17, 15) is 10.2 Å². The molecule has 4 aromatic rings. The molecule has 118 valence electrons. The number of benzene rings is 4. The quantitative estimate of drug-likeness (QED) is 0.572. The van der Waals surface area contributed by atoms with Crippen LogP contribution in [0.5, 0.6) is 0 Å². The van der Waals surface area contributed by atoms with Crippen molar-refractivity contribution in [1.29, 1.82) is 0 Å². The first-order valence-corrected chi connectivity index (χ1v) is 8.06. The molecule has 0 radical (unpaired) electrons. The summed E-state index contributed by atoms with van der Waals surface area (Å²) in [5, 5.41) is 25.6. The molecule has 0 spiro atoms. The molecule has 24 heavy (non-hydrogen) atoms. The molecule has 0 saturated carbocycles. The summed E-state index contributed by atoms with van der Waals surface area (Å²) in [4.78, 5) is 0. The van der Waals surface area contributed by atoms with Gasteiger partial charge in [0, 0.05) is 0 Å². The summed E-state index contributed by atoms with van der Waals surface area (Å²) >= 11 is 0. The van der Waals surface area contributed by atoms with Gasteiger partial charge in [-0.25, -0.2) is 0 Å². The highest BCUT2D eigenvalue weighted by molar-refractivity contribution is 5.84. The Hall–Kier alpha value is -2.68. The first-order valence-electron chi connectivity index (χ1n) is 8.06. The van der Waals surface area contributed by atoms with E-state index in [1.165, 1.54) is 0 Å². The Labute approximate surface area is 140 Å². The van der Waals surface area contributed by atoms with Crippen molar-refractivity contribution in [3.05, 3.63) is 96.1 Å². The van der Waals surface area contributed by atoms with Crippen LogP contribution >= 0.6 is 0 Å². The lowest BCUT2D eigenvalue weighted by atomic mass is 9.95. The third kappa shape index (κ3) is 2.67. The molecule has 0 aliphatic heterocycles. The van der Waals surface area contributed by atoms with Gasteiger partial charge in [-0.2, -0.15) is 0 Å². The summed E-state index contributed by atoms with van der Waals surface area (Å²) in [5.74, 6) is 0. The average molecular weight is 314 g/mol. The zero-order valence-electron chi connectivity index (χ0n) is 13.1. The molecule has 0 unspecified atom stereocenters. The standard InChI is InChI=1S/C22H18O2/c23-21(19-11-9-15-5-1-3-7-17(15)13-19)22(24)20-12-10-16-6-2-4-8-18(16)14-20/h1-14,21-24H/t21-,22-/m0/s1. The Morgan fingerprint density at radius 3 is 1.25 bits per heavy atom. The minimum Gasteiger partial charge on any atom is -0.385 e. The van der Waals surface area contributed by atoms with Crippen molar-refractivity contribution in [2.24, 2.45) is 0 Å². The van der Waals surface area contributed by atoms with E-state index in [1.807, 2.05) is 84.9 Å². The van der Waals surface area contributed by atoms with Crippen LogP contribution in [0.4, 0.5) is 0 Å². The van der Waals surface area contributed by atoms with Crippen molar-refractivity contribution in [1.82, 2.24) is 0 Å². The maximum atomic E-state index is 10.6. The van der Waals surface area contributed by atoms with Crippen molar-refractivity contribution in [2.45, 2.75) is 12.2 Å². The number of hydrogen-bond donors (Lipinski definition) is 2. The first kappa shape index (κ1) is 14.9. The van der Waals surface area contributed by atoms with Crippen LogP contribution in [-0.4, -0.2) is 10.2 Å². The van der Waals surface area contributed by atoms with Crippen LogP contribution in [-0.2, 0) is 0 Å². The summed E-state index contributed by atoms with van der Waals surface area (Å²) in [5.41, 5.74) is 1.43. The monoisotopic (exact) mass is 314 g/mol. The minimum absolute atomic E-state index is 0.717. The van der Waals surface area contributed by atoms with E-state index in [1.54, 1.807) is 0 Å². The van der Waals surface area contributed by atoms with E-state index in [0.29, 0.717) is 11.1 Å². The molecule has 0 aliphatic carbocycles. The van der Waals surface area contributed by atoms with Crippen LogP contribution in [0.2, 0.25) is 0 Å². The van der Waals surface area contributed by atoms with E-state index in [-0.39, 0.29) is 0 Å². The maximum absolute atomic E-state index is 10.6. The lowest BCUT2D eigenvalue weighted by Gasteiger charge is -2.19. The lowest BCUT2D eigenvalue weighted by molar-refractivity contribution is 0.0174. The Bertz CT molecular complexity index is 923. The molecule has 0 amide bonds. The number of rotatable bonds is 3. The van der Waals surface area contributed by atoms with E-state index >= 15 is 0 Å². The van der Waals surface area contributed by atoms with Gasteiger partial charge in [0.25, 0.3) is 0 Å². The van der Waals surface area contributed by atoms with E-state index < -0.39 is 12.2 Å². The number of aliphatic hydroxyl groups excluding tert-OH is 2. The Morgan fingerprint density at radius 1 is 0.458 bits per heavy atom. The molecule has 4 aromatic carbocycles. The van der Waals surface area contributed by atoms with Gasteiger partial charge in [-0.1, -0.05) is 72.8 Å². The van der Waals surface area contributed by atoms with Gasteiger partial charge in [-0.05, 0) is 44.8 Å². The van der Waals surface area contributed by atoms with Gasteiger partial charge in [-0.3, -0.25) is 0 Å². The second kappa shape index (κ2) is 6.08. The second-order valence-electron chi connectivity index (χ2n) is 6.10. The SMILES string of the molecule is O[C@@H](c1ccc2ccccc2c1)[C@@H](O)c1ccc2ccccc2c1. The molecule has 0 aliphatic rings. The summed E-state index contributed by atoms with van der Waals surface area (Å²) in [7, 11) is 0. The summed E-state index contributed by atoms with van der Waals surface area (Å²) in [6, 6.07) is 27.6. The molecule has 2 N–H and O–H groups in total. The smallest absolute Gasteiger partial charge is 0.109 e. The highest BCUT2D eigenvalue weighted by atomic mass is 16.3. The highest BCUT2D eigenvalue weighted by Crippen LogP contribution is 2.31. The summed E-state index contributed by atoms with van der Waals surface area (Å²) in [6.07, 6.45) is -1.92. The van der Waals surface area contributed by atoms with Crippen LogP contribution in [0.15, 0.2) is 84.9 Å². The van der Waals surface area contributed by atoms with E-state index in [2.05, 4.69) is 0 Å². The molecular formula is C22H18O2. The fraction of sp³-hybridized carbons (Fsp3) is 0.0909. The highest BCUT2D eigenvalue weighted by Gasteiger charge is 2.20. The van der Waals surface area contributed by atoms with Crippen LogP contribution in [0.1, 0.15) is 23.3 Å². The molecule has 0 heterocycles. The van der Waals surface area contributed by atoms with Gasteiger partial charge >= 0.3 is 0 Å². The number of aliphatic hydroxyl groups is 2. The van der Waals surface area contributed by atoms with Gasteiger partial charge < -0.3 is 10.2 Å². The Balaban J connectivity index is 1.69. The van der Waals surface area contributed by atoms with Gasteiger partial charge in [0.15, 0.2) is 0 Å². The Kier molecular flexibility index (Phi) is 3.77. The van der Waals surface area contributed by atoms with Gasteiger partial charge in [0.1, 0.15) is 12.2 Å². The first-order chi connectivity index (χ1) is 11.7. The topological polar surface area (TPSA) is 40.5 Å². The second-order valence-corrected chi connectivity index (χ2v) is 6.10. The van der Waals surface area contributed by atoms with Gasteiger partial charge in [-0.15, -0.1) is 0 Å². The zero-order valence-corrected chi connectivity index (χ0v) is 13.1. The molecule has 4 rings (SSSR count). The third-order valence-electron chi connectivity index (χ3n) is 4.53. The number of hydrogen-bond acceptors (Lipinski definition) is 2. The molecule has 0 bridgehead atoms. The molecular weight excluding hydrogens is 296 g/mol. The fourth-order valence-electron chi connectivity index (χ4n) is 3.15. The van der Waals surface area contributed by atoms with Crippen molar-refractivity contribution >= 4 is 21.5 Å². The fourth-order valence-corrected chi connectivity index (χ4v) is 3.15. The summed E-state index contributed by atoms with van der Waals surface area (Å²) in [6.45, 7) is 0. The minimum atomic E-state index is -0.962.